The van der Waals surface area contributed by atoms with E-state index in [0.717, 1.165) is 25.9 Å². The van der Waals surface area contributed by atoms with Gasteiger partial charge in [0.2, 0.25) is 17.0 Å². The number of H-pyrrole nitrogens is 1. The number of aromatic nitrogens is 3. The molecule has 0 spiro atoms. The summed E-state index contributed by atoms with van der Waals surface area (Å²) >= 11 is 1.34. The molecule has 0 saturated carbocycles. The predicted molar refractivity (Wildman–Crippen MR) is 66.5 cm³/mol. The van der Waals surface area contributed by atoms with Crippen LogP contribution in [-0.4, -0.2) is 44.3 Å². The number of anilines is 1. The Bertz CT molecular complexity index is 388. The minimum Gasteiger partial charge on any atom is -0.368 e. The van der Waals surface area contributed by atoms with Crippen LogP contribution < -0.4 is 5.73 Å². The van der Waals surface area contributed by atoms with Crippen LogP contribution in [0.15, 0.2) is 5.16 Å². The van der Waals surface area contributed by atoms with Crippen LogP contribution in [0.5, 0.6) is 0 Å². The highest BCUT2D eigenvalue weighted by Gasteiger charge is 2.23. The number of hydrogen-bond acceptors (Lipinski definition) is 5. The third-order valence-electron chi connectivity index (χ3n) is 2.78. The van der Waals surface area contributed by atoms with Gasteiger partial charge in [0.25, 0.3) is 0 Å². The fourth-order valence-electron chi connectivity index (χ4n) is 1.89. The average molecular weight is 255 g/mol. The van der Waals surface area contributed by atoms with Crippen molar-refractivity contribution in [2.24, 2.45) is 0 Å². The molecule has 2 rings (SSSR count). The number of nitrogens with zero attached hydrogens (tertiary/aromatic N) is 3. The molecule has 3 N–H and O–H groups in total. The molecule has 1 aromatic rings. The average Bonchev–Trinajstić information content (AvgIpc) is 2.75. The SMILES string of the molecule is CC(Sc1n[nH]c(N)n1)C(=O)N1CCCCC1. The van der Waals surface area contributed by atoms with Crippen LogP contribution in [0.1, 0.15) is 26.2 Å². The van der Waals surface area contributed by atoms with Crippen molar-refractivity contribution in [1.82, 2.24) is 20.1 Å². The number of nitrogens with one attached hydrogen (secondary N) is 1. The van der Waals surface area contributed by atoms with Crippen LogP contribution in [0, 0.1) is 0 Å². The lowest BCUT2D eigenvalue weighted by molar-refractivity contribution is -0.131. The molecular weight excluding hydrogens is 238 g/mol. The number of amides is 1. The van der Waals surface area contributed by atoms with Gasteiger partial charge in [-0.05, 0) is 26.2 Å². The fraction of sp³-hybridized carbons (Fsp3) is 0.700. The van der Waals surface area contributed by atoms with E-state index < -0.39 is 0 Å². The Morgan fingerprint density at radius 2 is 2.18 bits per heavy atom. The maximum atomic E-state index is 12.1. The molecule has 1 amide bonds. The third-order valence-corrected chi connectivity index (χ3v) is 3.73. The molecule has 1 aromatic heterocycles. The summed E-state index contributed by atoms with van der Waals surface area (Å²) in [7, 11) is 0. The minimum atomic E-state index is -0.164. The van der Waals surface area contributed by atoms with Crippen LogP contribution >= 0.6 is 11.8 Å². The van der Waals surface area contributed by atoms with Crippen LogP contribution in [0.25, 0.3) is 0 Å². The number of thioether (sulfide) groups is 1. The van der Waals surface area contributed by atoms with Gasteiger partial charge in [0.15, 0.2) is 0 Å². The lowest BCUT2D eigenvalue weighted by atomic mass is 10.1. The van der Waals surface area contributed by atoms with Crippen LogP contribution in [0.4, 0.5) is 5.95 Å². The zero-order valence-electron chi connectivity index (χ0n) is 9.85. The highest BCUT2D eigenvalue weighted by molar-refractivity contribution is 8.00. The van der Waals surface area contributed by atoms with E-state index in [1.807, 2.05) is 11.8 Å². The Kier molecular flexibility index (Phi) is 3.88. The number of rotatable bonds is 3. The molecule has 0 radical (unpaired) electrons. The fourth-order valence-corrected chi connectivity index (χ4v) is 2.71. The van der Waals surface area contributed by atoms with Gasteiger partial charge in [-0.3, -0.25) is 4.79 Å². The first kappa shape index (κ1) is 12.2. The van der Waals surface area contributed by atoms with Gasteiger partial charge in [-0.2, -0.15) is 4.98 Å². The molecule has 7 heteroatoms. The molecule has 1 saturated heterocycles. The summed E-state index contributed by atoms with van der Waals surface area (Å²) in [5, 5.41) is 6.84. The van der Waals surface area contributed by atoms with Gasteiger partial charge in [-0.25, -0.2) is 5.10 Å². The van der Waals surface area contributed by atoms with E-state index in [1.54, 1.807) is 0 Å². The van der Waals surface area contributed by atoms with E-state index in [2.05, 4.69) is 15.2 Å². The normalized spacial score (nSPS) is 18.1. The molecule has 1 unspecified atom stereocenters. The van der Waals surface area contributed by atoms with Crippen LogP contribution in [0.2, 0.25) is 0 Å². The van der Waals surface area contributed by atoms with Crippen molar-refractivity contribution in [2.45, 2.75) is 36.6 Å². The van der Waals surface area contributed by atoms with Crippen molar-refractivity contribution < 1.29 is 4.79 Å². The summed E-state index contributed by atoms with van der Waals surface area (Å²) in [5.74, 6) is 0.447. The van der Waals surface area contributed by atoms with Crippen LogP contribution in [-0.2, 0) is 4.79 Å². The molecule has 6 nitrogen and oxygen atoms in total. The summed E-state index contributed by atoms with van der Waals surface area (Å²) in [5.41, 5.74) is 5.44. The molecule has 94 valence electrons. The monoisotopic (exact) mass is 255 g/mol. The van der Waals surface area contributed by atoms with E-state index >= 15 is 0 Å². The van der Waals surface area contributed by atoms with Gasteiger partial charge in [0.05, 0.1) is 5.25 Å². The second kappa shape index (κ2) is 5.39. The number of likely N-dealkylation sites (tertiary alicyclic amines) is 1. The second-order valence-corrected chi connectivity index (χ2v) is 5.46. The predicted octanol–water partition coefficient (Wildman–Crippen LogP) is 0.880. The molecule has 0 aliphatic carbocycles. The van der Waals surface area contributed by atoms with E-state index in [1.165, 1.54) is 18.2 Å². The Labute approximate surface area is 104 Å². The maximum absolute atomic E-state index is 12.1. The summed E-state index contributed by atoms with van der Waals surface area (Å²) in [6.07, 6.45) is 3.44. The standard InChI is InChI=1S/C10H17N5OS/c1-7(17-10-12-9(11)13-14-10)8(16)15-5-3-2-4-6-15/h7H,2-6H2,1H3,(H3,11,12,13,14). The lowest BCUT2D eigenvalue weighted by Gasteiger charge is -2.28. The first-order chi connectivity index (χ1) is 8.16. The van der Waals surface area contributed by atoms with Gasteiger partial charge in [-0.1, -0.05) is 11.8 Å². The highest BCUT2D eigenvalue weighted by atomic mass is 32.2. The number of nitrogen functional groups attached to an aromatic ring is 1. The molecule has 0 bridgehead atoms. The van der Waals surface area contributed by atoms with Crippen LogP contribution in [0.3, 0.4) is 0 Å². The number of carbonyl (C=O) groups is 1. The molecule has 17 heavy (non-hydrogen) atoms. The first-order valence-electron chi connectivity index (χ1n) is 5.80. The zero-order chi connectivity index (χ0) is 12.3. The van der Waals surface area contributed by atoms with Crippen molar-refractivity contribution in [3.8, 4) is 0 Å². The molecule has 1 atom stereocenters. The lowest BCUT2D eigenvalue weighted by Crippen LogP contribution is -2.40. The summed E-state index contributed by atoms with van der Waals surface area (Å²) < 4.78 is 0. The second-order valence-electron chi connectivity index (χ2n) is 4.15. The van der Waals surface area contributed by atoms with E-state index in [4.69, 9.17) is 5.73 Å². The smallest absolute Gasteiger partial charge is 0.235 e. The van der Waals surface area contributed by atoms with Crippen molar-refractivity contribution in [3.05, 3.63) is 0 Å². The molecule has 1 aliphatic rings. The Balaban J connectivity index is 1.90. The van der Waals surface area contributed by atoms with Gasteiger partial charge >= 0.3 is 0 Å². The zero-order valence-corrected chi connectivity index (χ0v) is 10.7. The molecule has 1 fully saturated rings. The number of aromatic amines is 1. The maximum Gasteiger partial charge on any atom is 0.235 e. The van der Waals surface area contributed by atoms with Gasteiger partial charge in [-0.15, -0.1) is 5.10 Å². The van der Waals surface area contributed by atoms with Gasteiger partial charge < -0.3 is 10.6 Å². The quantitative estimate of drug-likeness (QED) is 0.783. The summed E-state index contributed by atoms with van der Waals surface area (Å²) in [6.45, 7) is 3.63. The number of piperidine rings is 1. The third kappa shape index (κ3) is 3.12. The molecule has 0 aromatic carbocycles. The Morgan fingerprint density at radius 1 is 1.47 bits per heavy atom. The van der Waals surface area contributed by atoms with Crippen molar-refractivity contribution in [1.29, 1.82) is 0 Å². The number of nitrogens with two attached hydrogens (primary N) is 1. The van der Waals surface area contributed by atoms with Gasteiger partial charge in [0.1, 0.15) is 0 Å². The van der Waals surface area contributed by atoms with E-state index in [9.17, 15) is 4.79 Å². The molecular formula is C10H17N5OS. The van der Waals surface area contributed by atoms with E-state index in [-0.39, 0.29) is 17.1 Å². The summed E-state index contributed by atoms with van der Waals surface area (Å²) in [6, 6.07) is 0. The minimum absolute atomic E-state index is 0.164. The Morgan fingerprint density at radius 3 is 2.76 bits per heavy atom. The highest BCUT2D eigenvalue weighted by Crippen LogP contribution is 2.22. The molecule has 1 aliphatic heterocycles. The van der Waals surface area contributed by atoms with Crippen molar-refractivity contribution in [2.75, 3.05) is 18.8 Å². The Hall–Kier alpha value is -1.24. The number of hydrogen-bond donors (Lipinski definition) is 2. The largest absolute Gasteiger partial charge is 0.368 e. The van der Waals surface area contributed by atoms with Crippen molar-refractivity contribution in [3.63, 3.8) is 0 Å². The number of carbonyl (C=O) groups excluding carboxylic acids is 1. The van der Waals surface area contributed by atoms with E-state index in [0.29, 0.717) is 5.16 Å². The molecule has 2 heterocycles. The summed E-state index contributed by atoms with van der Waals surface area (Å²) in [4.78, 5) is 18.0. The van der Waals surface area contributed by atoms with Gasteiger partial charge in [0, 0.05) is 13.1 Å². The van der Waals surface area contributed by atoms with Crippen molar-refractivity contribution >= 4 is 23.6 Å². The topological polar surface area (TPSA) is 87.9 Å². The first-order valence-corrected chi connectivity index (χ1v) is 6.68.